The van der Waals surface area contributed by atoms with Crippen LogP contribution in [0.2, 0.25) is 0 Å². The van der Waals surface area contributed by atoms with Crippen LogP contribution in [0.1, 0.15) is 35.5 Å². The van der Waals surface area contributed by atoms with E-state index in [2.05, 4.69) is 27.3 Å². The predicted molar refractivity (Wildman–Crippen MR) is 68.5 cm³/mol. The highest BCUT2D eigenvalue weighted by atomic mass is 79.9. The van der Waals surface area contributed by atoms with Crippen LogP contribution in [0.25, 0.3) is 0 Å². The van der Waals surface area contributed by atoms with Crippen molar-refractivity contribution in [1.82, 2.24) is 5.32 Å². The van der Waals surface area contributed by atoms with E-state index < -0.39 is 5.54 Å². The molecule has 1 heterocycles. The lowest BCUT2D eigenvalue weighted by molar-refractivity contribution is 0.0927. The number of hydrogen-bond acceptors (Lipinski definition) is 3. The van der Waals surface area contributed by atoms with Gasteiger partial charge in [-0.2, -0.15) is 5.26 Å². The largest absolute Gasteiger partial charge is 0.333 e. The van der Waals surface area contributed by atoms with Crippen molar-refractivity contribution in [3.05, 3.63) is 20.3 Å². The average molecular weight is 301 g/mol. The number of halogens is 1. The molecule has 5 heteroatoms. The second-order valence-corrected chi connectivity index (χ2v) is 6.19. The smallest absolute Gasteiger partial charge is 0.262 e. The Morgan fingerprint density at radius 3 is 2.75 bits per heavy atom. The fourth-order valence-electron chi connectivity index (χ4n) is 1.08. The maximum atomic E-state index is 11.9. The molecule has 0 radical (unpaired) electrons. The van der Waals surface area contributed by atoms with Crippen LogP contribution in [0.5, 0.6) is 0 Å². The van der Waals surface area contributed by atoms with Gasteiger partial charge in [0.25, 0.3) is 5.91 Å². The summed E-state index contributed by atoms with van der Waals surface area (Å²) in [5.74, 6) is -0.190. The monoisotopic (exact) mass is 300 g/mol. The standard InChI is InChI=1S/C11H13BrN2OS/c1-4-11(3,6-13)14-10(15)8-5-7(2)9(12)16-8/h5H,4H2,1-3H3,(H,14,15). The van der Waals surface area contributed by atoms with E-state index in [4.69, 9.17) is 5.26 Å². The first-order chi connectivity index (χ1) is 7.41. The zero-order chi connectivity index (χ0) is 12.3. The third-order valence-electron chi connectivity index (χ3n) is 2.42. The Labute approximate surface area is 108 Å². The number of carbonyl (C=O) groups excluding carboxylic acids is 1. The number of nitrogens with zero attached hydrogens (tertiary/aromatic N) is 1. The quantitative estimate of drug-likeness (QED) is 0.931. The molecule has 1 aromatic rings. The maximum Gasteiger partial charge on any atom is 0.262 e. The summed E-state index contributed by atoms with van der Waals surface area (Å²) in [5.41, 5.74) is 0.242. The Hall–Kier alpha value is -0.860. The lowest BCUT2D eigenvalue weighted by atomic mass is 10.0. The van der Waals surface area contributed by atoms with Gasteiger partial charge in [0.05, 0.1) is 14.7 Å². The molecular weight excluding hydrogens is 288 g/mol. The minimum Gasteiger partial charge on any atom is -0.333 e. The van der Waals surface area contributed by atoms with Crippen molar-refractivity contribution in [2.24, 2.45) is 0 Å². The number of nitriles is 1. The van der Waals surface area contributed by atoms with Gasteiger partial charge in [0, 0.05) is 0 Å². The van der Waals surface area contributed by atoms with E-state index in [1.165, 1.54) is 11.3 Å². The topological polar surface area (TPSA) is 52.9 Å². The number of rotatable bonds is 3. The predicted octanol–water partition coefficient (Wildman–Crippen LogP) is 3.24. The van der Waals surface area contributed by atoms with Gasteiger partial charge in [-0.25, -0.2) is 0 Å². The summed E-state index contributed by atoms with van der Waals surface area (Å²) in [6, 6.07) is 3.93. The SMILES string of the molecule is CCC(C)(C#N)NC(=O)c1cc(C)c(Br)s1. The van der Waals surface area contributed by atoms with E-state index in [0.717, 1.165) is 9.35 Å². The first-order valence-electron chi connectivity index (χ1n) is 4.91. The van der Waals surface area contributed by atoms with Gasteiger partial charge in [-0.1, -0.05) is 6.92 Å². The van der Waals surface area contributed by atoms with Crippen LogP contribution in [0.15, 0.2) is 9.85 Å². The average Bonchev–Trinajstić information content (AvgIpc) is 2.59. The number of hydrogen-bond donors (Lipinski definition) is 1. The number of thiophene rings is 1. The minimum absolute atomic E-state index is 0.190. The van der Waals surface area contributed by atoms with Crippen LogP contribution in [0.3, 0.4) is 0 Å². The molecule has 0 saturated carbocycles. The zero-order valence-electron chi connectivity index (χ0n) is 9.43. The first kappa shape index (κ1) is 13.2. The highest BCUT2D eigenvalue weighted by molar-refractivity contribution is 9.11. The van der Waals surface area contributed by atoms with Gasteiger partial charge in [-0.15, -0.1) is 11.3 Å². The molecule has 1 unspecified atom stereocenters. The summed E-state index contributed by atoms with van der Waals surface area (Å²) in [4.78, 5) is 12.5. The van der Waals surface area contributed by atoms with Crippen LogP contribution in [0.4, 0.5) is 0 Å². The Kier molecular flexibility index (Phi) is 4.11. The molecule has 1 atom stereocenters. The minimum atomic E-state index is -0.790. The fourth-order valence-corrected chi connectivity index (χ4v) is 2.51. The molecule has 1 N–H and O–H groups in total. The lowest BCUT2D eigenvalue weighted by Crippen LogP contribution is -2.43. The van der Waals surface area contributed by atoms with Gasteiger partial charge < -0.3 is 5.32 Å². The van der Waals surface area contributed by atoms with E-state index in [1.54, 1.807) is 6.92 Å². The van der Waals surface area contributed by atoms with E-state index >= 15 is 0 Å². The van der Waals surface area contributed by atoms with E-state index in [0.29, 0.717) is 11.3 Å². The number of amides is 1. The molecule has 1 amide bonds. The molecule has 0 aliphatic rings. The molecule has 1 rings (SSSR count). The van der Waals surface area contributed by atoms with Crippen molar-refractivity contribution >= 4 is 33.2 Å². The molecule has 0 aliphatic heterocycles. The Balaban J connectivity index is 2.85. The summed E-state index contributed by atoms with van der Waals surface area (Å²) in [6.45, 7) is 5.53. The summed E-state index contributed by atoms with van der Waals surface area (Å²) in [6.07, 6.45) is 0.584. The molecule has 0 aromatic carbocycles. The molecular formula is C11H13BrN2OS. The Morgan fingerprint density at radius 2 is 2.38 bits per heavy atom. The van der Waals surface area contributed by atoms with E-state index in [-0.39, 0.29) is 5.91 Å². The fraction of sp³-hybridized carbons (Fsp3) is 0.455. The van der Waals surface area contributed by atoms with Crippen molar-refractivity contribution < 1.29 is 4.79 Å². The molecule has 1 aromatic heterocycles. The van der Waals surface area contributed by atoms with Crippen molar-refractivity contribution in [3.63, 3.8) is 0 Å². The first-order valence-corrected chi connectivity index (χ1v) is 6.52. The van der Waals surface area contributed by atoms with Crippen molar-refractivity contribution in [3.8, 4) is 6.07 Å². The summed E-state index contributed by atoms with van der Waals surface area (Å²) >= 11 is 4.75. The normalized spacial score (nSPS) is 13.9. The molecule has 0 saturated heterocycles. The van der Waals surface area contributed by atoms with Crippen LogP contribution in [-0.2, 0) is 0 Å². The molecule has 16 heavy (non-hydrogen) atoms. The Morgan fingerprint density at radius 1 is 1.75 bits per heavy atom. The zero-order valence-corrected chi connectivity index (χ0v) is 11.8. The van der Waals surface area contributed by atoms with Crippen LogP contribution in [0, 0.1) is 18.3 Å². The summed E-state index contributed by atoms with van der Waals surface area (Å²) < 4.78 is 0.952. The van der Waals surface area contributed by atoms with Gasteiger partial charge >= 0.3 is 0 Å². The van der Waals surface area contributed by atoms with Crippen LogP contribution in [-0.4, -0.2) is 11.4 Å². The highest BCUT2D eigenvalue weighted by Crippen LogP contribution is 2.27. The molecule has 0 spiro atoms. The lowest BCUT2D eigenvalue weighted by Gasteiger charge is -2.20. The third kappa shape index (κ3) is 2.83. The summed E-state index contributed by atoms with van der Waals surface area (Å²) in [7, 11) is 0. The number of aryl methyl sites for hydroxylation is 1. The molecule has 0 aliphatic carbocycles. The van der Waals surface area contributed by atoms with Crippen molar-refractivity contribution in [2.45, 2.75) is 32.7 Å². The van der Waals surface area contributed by atoms with Gasteiger partial charge in [0.15, 0.2) is 0 Å². The molecule has 0 fully saturated rings. The number of carbonyl (C=O) groups is 1. The number of nitrogens with one attached hydrogen (secondary N) is 1. The second kappa shape index (κ2) is 4.98. The molecule has 0 bridgehead atoms. The van der Waals surface area contributed by atoms with Crippen LogP contribution >= 0.6 is 27.3 Å². The summed E-state index contributed by atoms with van der Waals surface area (Å²) in [5, 5.41) is 11.7. The van der Waals surface area contributed by atoms with Crippen molar-refractivity contribution in [2.75, 3.05) is 0 Å². The van der Waals surface area contributed by atoms with Crippen LogP contribution < -0.4 is 5.32 Å². The molecule has 3 nitrogen and oxygen atoms in total. The van der Waals surface area contributed by atoms with Gasteiger partial charge in [-0.3, -0.25) is 4.79 Å². The van der Waals surface area contributed by atoms with Crippen molar-refractivity contribution in [1.29, 1.82) is 5.26 Å². The maximum absolute atomic E-state index is 11.9. The molecule has 86 valence electrons. The van der Waals surface area contributed by atoms with E-state index in [1.807, 2.05) is 19.9 Å². The second-order valence-electron chi connectivity index (χ2n) is 3.82. The third-order valence-corrected chi connectivity index (χ3v) is 4.56. The highest BCUT2D eigenvalue weighted by Gasteiger charge is 2.25. The van der Waals surface area contributed by atoms with Gasteiger partial charge in [-0.05, 0) is 47.8 Å². The van der Waals surface area contributed by atoms with Gasteiger partial charge in [0.1, 0.15) is 5.54 Å². The Bertz CT molecular complexity index is 430. The van der Waals surface area contributed by atoms with E-state index in [9.17, 15) is 4.79 Å². The van der Waals surface area contributed by atoms with Gasteiger partial charge in [0.2, 0.25) is 0 Å².